The number of ether oxygens (including phenoxy) is 3. The number of methoxy groups -OCH3 is 1. The van der Waals surface area contributed by atoms with Crippen LogP contribution in [0.25, 0.3) is 0 Å². The van der Waals surface area contributed by atoms with Crippen LogP contribution in [-0.2, 0) is 16.0 Å². The summed E-state index contributed by atoms with van der Waals surface area (Å²) in [5.74, 6) is 0.584. The Balaban J connectivity index is 1.65. The molecule has 0 bridgehead atoms. The van der Waals surface area contributed by atoms with Crippen molar-refractivity contribution in [1.82, 2.24) is 15.5 Å². The van der Waals surface area contributed by atoms with Gasteiger partial charge in [0.05, 0.1) is 13.2 Å². The SMILES string of the molecule is COCCNCc1nnc(OCC2CCOCC2)s1. The van der Waals surface area contributed by atoms with Crippen LogP contribution in [0.5, 0.6) is 5.19 Å². The molecule has 0 aromatic carbocycles. The van der Waals surface area contributed by atoms with Crippen molar-refractivity contribution in [3.8, 4) is 5.19 Å². The number of hydrogen-bond acceptors (Lipinski definition) is 7. The molecule has 0 unspecified atom stereocenters. The molecule has 6 nitrogen and oxygen atoms in total. The van der Waals surface area contributed by atoms with Crippen LogP contribution in [0.4, 0.5) is 0 Å². The molecule has 7 heteroatoms. The largest absolute Gasteiger partial charge is 0.469 e. The molecule has 2 heterocycles. The second kappa shape index (κ2) is 8.42. The zero-order valence-electron chi connectivity index (χ0n) is 11.3. The molecule has 0 spiro atoms. The topological polar surface area (TPSA) is 65.5 Å². The minimum absolute atomic E-state index is 0.584. The molecule has 1 aliphatic heterocycles. The van der Waals surface area contributed by atoms with Gasteiger partial charge >= 0.3 is 0 Å². The molecular weight excluding hydrogens is 266 g/mol. The van der Waals surface area contributed by atoms with E-state index in [1.54, 1.807) is 7.11 Å². The maximum absolute atomic E-state index is 5.69. The summed E-state index contributed by atoms with van der Waals surface area (Å²) in [5, 5.41) is 13.0. The first-order valence-electron chi connectivity index (χ1n) is 6.61. The molecule has 1 aromatic heterocycles. The van der Waals surface area contributed by atoms with Gasteiger partial charge in [0.1, 0.15) is 5.01 Å². The summed E-state index contributed by atoms with van der Waals surface area (Å²) in [6, 6.07) is 0. The summed E-state index contributed by atoms with van der Waals surface area (Å²) in [4.78, 5) is 0. The Morgan fingerprint density at radius 2 is 2.21 bits per heavy atom. The third-order valence-corrected chi connectivity index (χ3v) is 3.83. The lowest BCUT2D eigenvalue weighted by Gasteiger charge is -2.21. The van der Waals surface area contributed by atoms with Gasteiger partial charge in [-0.2, -0.15) is 0 Å². The van der Waals surface area contributed by atoms with Crippen LogP contribution in [0.15, 0.2) is 0 Å². The molecule has 0 aliphatic carbocycles. The van der Waals surface area contributed by atoms with Crippen molar-refractivity contribution >= 4 is 11.3 Å². The highest BCUT2D eigenvalue weighted by Gasteiger charge is 2.15. The molecule has 1 N–H and O–H groups in total. The highest BCUT2D eigenvalue weighted by molar-refractivity contribution is 7.13. The van der Waals surface area contributed by atoms with Gasteiger partial charge in [-0.05, 0) is 18.8 Å². The van der Waals surface area contributed by atoms with E-state index in [0.29, 0.717) is 24.3 Å². The van der Waals surface area contributed by atoms with Crippen molar-refractivity contribution in [2.75, 3.05) is 40.1 Å². The number of hydrogen-bond donors (Lipinski definition) is 1. The summed E-state index contributed by atoms with van der Waals surface area (Å²) < 4.78 is 16.0. The minimum Gasteiger partial charge on any atom is -0.469 e. The van der Waals surface area contributed by atoms with E-state index in [2.05, 4.69) is 15.5 Å². The summed E-state index contributed by atoms with van der Waals surface area (Å²) in [6.07, 6.45) is 2.15. The normalized spacial score (nSPS) is 16.7. The van der Waals surface area contributed by atoms with E-state index in [-0.39, 0.29) is 0 Å². The first-order valence-corrected chi connectivity index (χ1v) is 7.42. The molecule has 0 amide bonds. The van der Waals surface area contributed by atoms with E-state index in [1.807, 2.05) is 0 Å². The fourth-order valence-electron chi connectivity index (χ4n) is 1.84. The Labute approximate surface area is 117 Å². The van der Waals surface area contributed by atoms with Crippen molar-refractivity contribution in [3.05, 3.63) is 5.01 Å². The quantitative estimate of drug-likeness (QED) is 0.722. The lowest BCUT2D eigenvalue weighted by atomic mass is 10.0. The van der Waals surface area contributed by atoms with Gasteiger partial charge in [-0.15, -0.1) is 10.2 Å². The third-order valence-electron chi connectivity index (χ3n) is 2.99. The van der Waals surface area contributed by atoms with Gasteiger partial charge in [-0.1, -0.05) is 11.3 Å². The number of aromatic nitrogens is 2. The average Bonchev–Trinajstić information content (AvgIpc) is 2.91. The maximum atomic E-state index is 5.69. The molecule has 2 rings (SSSR count). The molecule has 0 radical (unpaired) electrons. The Hall–Kier alpha value is -0.760. The molecule has 1 fully saturated rings. The number of nitrogens with zero attached hydrogens (tertiary/aromatic N) is 2. The third kappa shape index (κ3) is 5.40. The van der Waals surface area contributed by atoms with E-state index in [4.69, 9.17) is 14.2 Å². The summed E-state index contributed by atoms with van der Waals surface area (Å²) in [5.41, 5.74) is 0. The fourth-order valence-corrected chi connectivity index (χ4v) is 2.51. The second-order valence-electron chi connectivity index (χ2n) is 4.50. The van der Waals surface area contributed by atoms with E-state index >= 15 is 0 Å². The van der Waals surface area contributed by atoms with Gasteiger partial charge in [0.2, 0.25) is 0 Å². The fraction of sp³-hybridized carbons (Fsp3) is 0.833. The van der Waals surface area contributed by atoms with Gasteiger partial charge in [-0.25, -0.2) is 0 Å². The monoisotopic (exact) mass is 287 g/mol. The second-order valence-corrected chi connectivity index (χ2v) is 5.52. The Kier molecular flexibility index (Phi) is 6.49. The lowest BCUT2D eigenvalue weighted by Crippen LogP contribution is -2.21. The number of rotatable bonds is 8. The van der Waals surface area contributed by atoms with E-state index < -0.39 is 0 Å². The van der Waals surface area contributed by atoms with Crippen LogP contribution >= 0.6 is 11.3 Å². The van der Waals surface area contributed by atoms with E-state index in [1.165, 1.54) is 11.3 Å². The first-order chi connectivity index (χ1) is 9.38. The van der Waals surface area contributed by atoms with Crippen molar-refractivity contribution in [3.63, 3.8) is 0 Å². The van der Waals surface area contributed by atoms with Crippen molar-refractivity contribution in [2.24, 2.45) is 5.92 Å². The molecule has 0 saturated carbocycles. The summed E-state index contributed by atoms with van der Waals surface area (Å²) in [6.45, 7) is 4.63. The maximum Gasteiger partial charge on any atom is 0.294 e. The predicted octanol–water partition coefficient (Wildman–Crippen LogP) is 1.08. The average molecular weight is 287 g/mol. The van der Waals surface area contributed by atoms with Gasteiger partial charge in [0.15, 0.2) is 0 Å². The summed E-state index contributed by atoms with van der Waals surface area (Å²) in [7, 11) is 1.69. The highest BCUT2D eigenvalue weighted by Crippen LogP contribution is 2.21. The van der Waals surface area contributed by atoms with Gasteiger partial charge < -0.3 is 19.5 Å². The number of nitrogens with one attached hydrogen (secondary N) is 1. The van der Waals surface area contributed by atoms with Crippen LogP contribution in [0.1, 0.15) is 17.8 Å². The Morgan fingerprint density at radius 3 is 3.00 bits per heavy atom. The molecule has 19 heavy (non-hydrogen) atoms. The van der Waals surface area contributed by atoms with E-state index in [9.17, 15) is 0 Å². The van der Waals surface area contributed by atoms with Crippen LogP contribution in [-0.4, -0.2) is 50.3 Å². The summed E-state index contributed by atoms with van der Waals surface area (Å²) >= 11 is 1.50. The minimum atomic E-state index is 0.584. The zero-order chi connectivity index (χ0) is 13.3. The first kappa shape index (κ1) is 14.6. The molecule has 108 valence electrons. The highest BCUT2D eigenvalue weighted by atomic mass is 32.1. The zero-order valence-corrected chi connectivity index (χ0v) is 12.1. The predicted molar refractivity (Wildman–Crippen MR) is 72.5 cm³/mol. The standard InChI is InChI=1S/C12H21N3O3S/c1-16-7-4-13-8-11-14-15-12(19-11)18-9-10-2-5-17-6-3-10/h10,13H,2-9H2,1H3. The van der Waals surface area contributed by atoms with Crippen molar-refractivity contribution < 1.29 is 14.2 Å². The molecule has 1 saturated heterocycles. The van der Waals surface area contributed by atoms with Crippen LogP contribution in [0.3, 0.4) is 0 Å². The van der Waals surface area contributed by atoms with Crippen molar-refractivity contribution in [2.45, 2.75) is 19.4 Å². The molecule has 1 aromatic rings. The van der Waals surface area contributed by atoms with Crippen LogP contribution in [0, 0.1) is 5.92 Å². The van der Waals surface area contributed by atoms with Crippen molar-refractivity contribution in [1.29, 1.82) is 0 Å². The lowest BCUT2D eigenvalue weighted by molar-refractivity contribution is 0.0496. The van der Waals surface area contributed by atoms with Gasteiger partial charge in [0, 0.05) is 33.4 Å². The van der Waals surface area contributed by atoms with Gasteiger partial charge in [0.25, 0.3) is 5.19 Å². The molecular formula is C12H21N3O3S. The van der Waals surface area contributed by atoms with Crippen LogP contribution < -0.4 is 10.1 Å². The Morgan fingerprint density at radius 1 is 1.37 bits per heavy atom. The smallest absolute Gasteiger partial charge is 0.294 e. The van der Waals surface area contributed by atoms with Crippen LogP contribution in [0.2, 0.25) is 0 Å². The molecule has 0 atom stereocenters. The van der Waals surface area contributed by atoms with Gasteiger partial charge in [-0.3, -0.25) is 0 Å². The van der Waals surface area contributed by atoms with E-state index in [0.717, 1.165) is 44.2 Å². The molecule has 1 aliphatic rings. The Bertz CT molecular complexity index is 356.